The molecule has 0 spiro atoms. The molecule has 104 valence electrons. The zero-order valence-corrected chi connectivity index (χ0v) is 12.4. The second-order valence-corrected chi connectivity index (χ2v) is 6.16. The van der Waals surface area contributed by atoms with Crippen LogP contribution in [0.1, 0.15) is 61.7 Å². The van der Waals surface area contributed by atoms with Crippen molar-refractivity contribution in [1.82, 2.24) is 9.97 Å². The molecule has 3 nitrogen and oxygen atoms in total. The number of ether oxygens (including phenoxy) is 1. The molecule has 5 heteroatoms. The van der Waals surface area contributed by atoms with Crippen LogP contribution in [0.5, 0.6) is 0 Å². The zero-order chi connectivity index (χ0) is 13.2. The van der Waals surface area contributed by atoms with Gasteiger partial charge in [-0.25, -0.2) is 9.97 Å². The van der Waals surface area contributed by atoms with E-state index in [0.717, 1.165) is 50.3 Å². The van der Waals surface area contributed by atoms with Crippen LogP contribution in [0.3, 0.4) is 0 Å². The van der Waals surface area contributed by atoms with Crippen molar-refractivity contribution in [3.63, 3.8) is 0 Å². The number of halogens is 2. The summed E-state index contributed by atoms with van der Waals surface area (Å²) in [5.41, 5.74) is 0.969. The second kappa shape index (κ2) is 5.94. The van der Waals surface area contributed by atoms with Gasteiger partial charge in [0.25, 0.3) is 0 Å². The van der Waals surface area contributed by atoms with Crippen molar-refractivity contribution in [3.8, 4) is 0 Å². The highest BCUT2D eigenvalue weighted by atomic mass is 35.5. The summed E-state index contributed by atoms with van der Waals surface area (Å²) in [7, 11) is 0. The molecule has 0 N–H and O–H groups in total. The van der Waals surface area contributed by atoms with Crippen LogP contribution in [0.15, 0.2) is 0 Å². The molecule has 1 aromatic heterocycles. The Morgan fingerprint density at radius 1 is 0.842 bits per heavy atom. The minimum Gasteiger partial charge on any atom is -0.381 e. The van der Waals surface area contributed by atoms with Gasteiger partial charge in [-0.3, -0.25) is 0 Å². The van der Waals surface area contributed by atoms with E-state index in [0.29, 0.717) is 22.1 Å². The van der Waals surface area contributed by atoms with E-state index in [2.05, 4.69) is 9.97 Å². The highest BCUT2D eigenvalue weighted by molar-refractivity contribution is 6.34. The molecule has 1 saturated carbocycles. The van der Waals surface area contributed by atoms with E-state index in [1.807, 2.05) is 0 Å². The lowest BCUT2D eigenvalue weighted by molar-refractivity contribution is 0.0835. The molecule has 2 heterocycles. The second-order valence-electron chi connectivity index (χ2n) is 5.45. The SMILES string of the molecule is Clc1nc(C2CCOCC2)nc(Cl)c1C1CCCC1. The number of rotatable bonds is 2. The average molecular weight is 301 g/mol. The van der Waals surface area contributed by atoms with Gasteiger partial charge in [-0.1, -0.05) is 36.0 Å². The molecule has 2 aliphatic rings. The van der Waals surface area contributed by atoms with Crippen molar-refractivity contribution in [2.45, 2.75) is 50.4 Å². The maximum atomic E-state index is 6.37. The number of hydrogen-bond acceptors (Lipinski definition) is 3. The Morgan fingerprint density at radius 2 is 1.42 bits per heavy atom. The number of hydrogen-bond donors (Lipinski definition) is 0. The lowest BCUT2D eigenvalue weighted by Crippen LogP contribution is -2.17. The molecule has 0 bridgehead atoms. The first-order chi connectivity index (χ1) is 9.25. The van der Waals surface area contributed by atoms with Gasteiger partial charge in [0.15, 0.2) is 0 Å². The Kier molecular flexibility index (Phi) is 4.25. The summed E-state index contributed by atoms with van der Waals surface area (Å²) in [4.78, 5) is 9.03. The van der Waals surface area contributed by atoms with Crippen LogP contribution >= 0.6 is 23.2 Å². The Morgan fingerprint density at radius 3 is 2.00 bits per heavy atom. The third kappa shape index (κ3) is 2.88. The van der Waals surface area contributed by atoms with Gasteiger partial charge in [0, 0.05) is 24.7 Å². The highest BCUT2D eigenvalue weighted by Crippen LogP contribution is 2.40. The molecule has 1 saturated heterocycles. The summed E-state index contributed by atoms with van der Waals surface area (Å²) in [6.45, 7) is 1.54. The number of aromatic nitrogens is 2. The largest absolute Gasteiger partial charge is 0.381 e. The smallest absolute Gasteiger partial charge is 0.137 e. The van der Waals surface area contributed by atoms with Gasteiger partial charge >= 0.3 is 0 Å². The predicted octanol–water partition coefficient (Wildman–Crippen LogP) is 4.34. The zero-order valence-electron chi connectivity index (χ0n) is 10.9. The molecular formula is C14H18Cl2N2O. The Balaban J connectivity index is 1.88. The van der Waals surface area contributed by atoms with Crippen molar-refractivity contribution >= 4 is 23.2 Å². The van der Waals surface area contributed by atoms with Crippen LogP contribution in [0, 0.1) is 0 Å². The maximum Gasteiger partial charge on any atom is 0.137 e. The quantitative estimate of drug-likeness (QED) is 0.762. The van der Waals surface area contributed by atoms with Crippen molar-refractivity contribution in [2.75, 3.05) is 13.2 Å². The van der Waals surface area contributed by atoms with E-state index in [-0.39, 0.29) is 0 Å². The highest BCUT2D eigenvalue weighted by Gasteiger charge is 2.26. The van der Waals surface area contributed by atoms with Crippen molar-refractivity contribution in [3.05, 3.63) is 21.7 Å². The minimum absolute atomic E-state index is 0.335. The standard InChI is InChI=1S/C14H18Cl2N2O/c15-12-11(9-3-1-2-4-9)13(16)18-14(17-12)10-5-7-19-8-6-10/h9-10H,1-8H2. The van der Waals surface area contributed by atoms with Gasteiger partial charge in [-0.05, 0) is 31.6 Å². The van der Waals surface area contributed by atoms with Crippen LogP contribution in [0.25, 0.3) is 0 Å². The fourth-order valence-electron chi connectivity index (χ4n) is 3.12. The molecule has 19 heavy (non-hydrogen) atoms. The van der Waals surface area contributed by atoms with Crippen LogP contribution in [-0.2, 0) is 4.74 Å². The summed E-state index contributed by atoms with van der Waals surface area (Å²) in [5.74, 6) is 1.57. The van der Waals surface area contributed by atoms with Crippen LogP contribution in [0.2, 0.25) is 10.3 Å². The summed E-state index contributed by atoms with van der Waals surface area (Å²) in [6.07, 6.45) is 6.71. The molecule has 2 fully saturated rings. The molecule has 0 radical (unpaired) electrons. The number of nitrogens with zero attached hydrogens (tertiary/aromatic N) is 2. The van der Waals surface area contributed by atoms with Crippen LogP contribution in [0.4, 0.5) is 0 Å². The third-order valence-corrected chi connectivity index (χ3v) is 4.80. The van der Waals surface area contributed by atoms with E-state index in [9.17, 15) is 0 Å². The first-order valence-corrected chi connectivity index (χ1v) is 7.82. The lowest BCUT2D eigenvalue weighted by Gasteiger charge is -2.22. The summed E-state index contributed by atoms with van der Waals surface area (Å²) in [6, 6.07) is 0. The predicted molar refractivity (Wildman–Crippen MR) is 76.1 cm³/mol. The fraction of sp³-hybridized carbons (Fsp3) is 0.714. The summed E-state index contributed by atoms with van der Waals surface area (Å²) >= 11 is 12.7. The van der Waals surface area contributed by atoms with Gasteiger partial charge < -0.3 is 4.74 Å². The molecule has 0 amide bonds. The molecule has 1 aliphatic carbocycles. The van der Waals surface area contributed by atoms with Crippen LogP contribution < -0.4 is 0 Å². The molecule has 0 unspecified atom stereocenters. The van der Waals surface area contributed by atoms with Gasteiger partial charge in [0.2, 0.25) is 0 Å². The van der Waals surface area contributed by atoms with Crippen LogP contribution in [-0.4, -0.2) is 23.2 Å². The molecule has 0 aromatic carbocycles. The molecule has 1 aliphatic heterocycles. The summed E-state index contributed by atoms with van der Waals surface area (Å²) < 4.78 is 5.37. The maximum absolute atomic E-state index is 6.37. The van der Waals surface area contributed by atoms with Gasteiger partial charge in [-0.2, -0.15) is 0 Å². The van der Waals surface area contributed by atoms with Gasteiger partial charge in [0.05, 0.1) is 0 Å². The molecule has 0 atom stereocenters. The molecule has 3 rings (SSSR count). The van der Waals surface area contributed by atoms with E-state index in [1.165, 1.54) is 12.8 Å². The Bertz CT molecular complexity index is 432. The topological polar surface area (TPSA) is 35.0 Å². The van der Waals surface area contributed by atoms with E-state index in [4.69, 9.17) is 27.9 Å². The average Bonchev–Trinajstić information content (AvgIpc) is 2.93. The van der Waals surface area contributed by atoms with Crippen molar-refractivity contribution < 1.29 is 4.74 Å². The third-order valence-electron chi connectivity index (χ3n) is 4.22. The van der Waals surface area contributed by atoms with Gasteiger partial charge in [-0.15, -0.1) is 0 Å². The van der Waals surface area contributed by atoms with Crippen molar-refractivity contribution in [2.24, 2.45) is 0 Å². The van der Waals surface area contributed by atoms with Crippen molar-refractivity contribution in [1.29, 1.82) is 0 Å². The first-order valence-electron chi connectivity index (χ1n) is 7.06. The van der Waals surface area contributed by atoms with E-state index < -0.39 is 0 Å². The molecular weight excluding hydrogens is 283 g/mol. The normalized spacial score (nSPS) is 22.0. The molecule has 1 aromatic rings. The van der Waals surface area contributed by atoms with Gasteiger partial charge in [0.1, 0.15) is 16.1 Å². The van der Waals surface area contributed by atoms with E-state index >= 15 is 0 Å². The Labute approximate surface area is 123 Å². The minimum atomic E-state index is 0.335. The first kappa shape index (κ1) is 13.6. The lowest BCUT2D eigenvalue weighted by atomic mass is 9.98. The monoisotopic (exact) mass is 300 g/mol. The van der Waals surface area contributed by atoms with E-state index in [1.54, 1.807) is 0 Å². The summed E-state index contributed by atoms with van der Waals surface area (Å²) in [5, 5.41) is 1.13. The Hall–Kier alpha value is -0.380. The fourth-order valence-corrected chi connectivity index (χ4v) is 3.83.